The standard InChI is InChI=1S/C19H19FN2O3/c1-2-22(15-6-4-14(20)5-7-15)19(24)12-25-16-8-9-17-13(11-16)3-10-18(23)21-17/h4-9,11H,2-3,10,12H2,1H3,(H,21,23). The first-order valence-electron chi connectivity index (χ1n) is 8.18. The molecule has 130 valence electrons. The van der Waals surface area contributed by atoms with Gasteiger partial charge in [-0.25, -0.2) is 4.39 Å². The van der Waals surface area contributed by atoms with Crippen LogP contribution in [0.4, 0.5) is 15.8 Å². The van der Waals surface area contributed by atoms with Gasteiger partial charge in [0.15, 0.2) is 6.61 Å². The highest BCUT2D eigenvalue weighted by molar-refractivity contribution is 5.95. The van der Waals surface area contributed by atoms with Crippen LogP contribution < -0.4 is 15.0 Å². The molecule has 0 aliphatic carbocycles. The second-order valence-corrected chi connectivity index (χ2v) is 5.77. The molecule has 0 saturated carbocycles. The molecule has 5 nitrogen and oxygen atoms in total. The zero-order valence-corrected chi connectivity index (χ0v) is 13.9. The van der Waals surface area contributed by atoms with Crippen molar-refractivity contribution in [3.8, 4) is 5.75 Å². The van der Waals surface area contributed by atoms with Gasteiger partial charge in [0, 0.05) is 24.3 Å². The lowest BCUT2D eigenvalue weighted by atomic mass is 10.0. The zero-order valence-electron chi connectivity index (χ0n) is 13.9. The number of fused-ring (bicyclic) bond motifs is 1. The third-order valence-corrected chi connectivity index (χ3v) is 4.09. The van der Waals surface area contributed by atoms with Gasteiger partial charge in [-0.15, -0.1) is 0 Å². The third-order valence-electron chi connectivity index (χ3n) is 4.09. The van der Waals surface area contributed by atoms with E-state index in [1.165, 1.54) is 17.0 Å². The molecule has 1 N–H and O–H groups in total. The minimum Gasteiger partial charge on any atom is -0.484 e. The van der Waals surface area contributed by atoms with Crippen LogP contribution >= 0.6 is 0 Å². The van der Waals surface area contributed by atoms with E-state index in [-0.39, 0.29) is 24.2 Å². The monoisotopic (exact) mass is 342 g/mol. The Bertz CT molecular complexity index is 790. The summed E-state index contributed by atoms with van der Waals surface area (Å²) >= 11 is 0. The molecule has 1 aliphatic heterocycles. The van der Waals surface area contributed by atoms with E-state index in [4.69, 9.17) is 4.74 Å². The van der Waals surface area contributed by atoms with Crippen molar-refractivity contribution < 1.29 is 18.7 Å². The minimum atomic E-state index is -0.343. The molecule has 0 saturated heterocycles. The molecule has 2 amide bonds. The molecule has 0 radical (unpaired) electrons. The summed E-state index contributed by atoms with van der Waals surface area (Å²) in [6.45, 7) is 2.20. The van der Waals surface area contributed by atoms with Crippen LogP contribution in [0.5, 0.6) is 5.75 Å². The van der Waals surface area contributed by atoms with Crippen LogP contribution in [-0.4, -0.2) is 25.0 Å². The molecule has 0 atom stereocenters. The summed E-state index contributed by atoms with van der Waals surface area (Å²) in [6.07, 6.45) is 1.10. The maximum atomic E-state index is 13.0. The first-order chi connectivity index (χ1) is 12.1. The van der Waals surface area contributed by atoms with Gasteiger partial charge in [0.1, 0.15) is 11.6 Å². The normalized spacial score (nSPS) is 13.0. The topological polar surface area (TPSA) is 58.6 Å². The zero-order chi connectivity index (χ0) is 17.8. The molecule has 0 aromatic heterocycles. The highest BCUT2D eigenvalue weighted by atomic mass is 19.1. The highest BCUT2D eigenvalue weighted by Crippen LogP contribution is 2.27. The largest absolute Gasteiger partial charge is 0.484 e. The fourth-order valence-corrected chi connectivity index (χ4v) is 2.80. The number of benzene rings is 2. The van der Waals surface area contributed by atoms with Gasteiger partial charge in [0.25, 0.3) is 5.91 Å². The van der Waals surface area contributed by atoms with E-state index in [1.54, 1.807) is 24.3 Å². The number of ether oxygens (including phenoxy) is 1. The van der Waals surface area contributed by atoms with Crippen LogP contribution in [0.3, 0.4) is 0 Å². The highest BCUT2D eigenvalue weighted by Gasteiger charge is 2.17. The van der Waals surface area contributed by atoms with E-state index >= 15 is 0 Å². The van der Waals surface area contributed by atoms with Crippen molar-refractivity contribution in [2.24, 2.45) is 0 Å². The van der Waals surface area contributed by atoms with Crippen LogP contribution in [0.15, 0.2) is 42.5 Å². The molecule has 25 heavy (non-hydrogen) atoms. The van der Waals surface area contributed by atoms with Crippen molar-refractivity contribution in [3.63, 3.8) is 0 Å². The Labute approximate surface area is 145 Å². The lowest BCUT2D eigenvalue weighted by molar-refractivity contribution is -0.120. The Hall–Kier alpha value is -2.89. The van der Waals surface area contributed by atoms with Crippen LogP contribution in [0.2, 0.25) is 0 Å². The van der Waals surface area contributed by atoms with Gasteiger partial charge in [-0.3, -0.25) is 9.59 Å². The predicted octanol–water partition coefficient (Wildman–Crippen LogP) is 3.14. The van der Waals surface area contributed by atoms with Crippen LogP contribution in [-0.2, 0) is 16.0 Å². The Morgan fingerprint density at radius 2 is 1.96 bits per heavy atom. The van der Waals surface area contributed by atoms with Gasteiger partial charge in [0.05, 0.1) is 0 Å². The van der Waals surface area contributed by atoms with E-state index in [1.807, 2.05) is 13.0 Å². The van der Waals surface area contributed by atoms with Crippen LogP contribution in [0.1, 0.15) is 18.9 Å². The summed E-state index contributed by atoms with van der Waals surface area (Å²) in [5.41, 5.74) is 2.41. The molecule has 3 rings (SSSR count). The van der Waals surface area contributed by atoms with Gasteiger partial charge in [-0.1, -0.05) is 0 Å². The summed E-state index contributed by atoms with van der Waals surface area (Å²) in [6, 6.07) is 11.1. The number of aryl methyl sites for hydroxylation is 1. The van der Waals surface area contributed by atoms with Crippen LogP contribution in [0, 0.1) is 5.82 Å². The molecule has 0 fully saturated rings. The van der Waals surface area contributed by atoms with Crippen LogP contribution in [0.25, 0.3) is 0 Å². The number of nitrogens with one attached hydrogen (secondary N) is 1. The van der Waals surface area contributed by atoms with Gasteiger partial charge in [-0.2, -0.15) is 0 Å². The Kier molecular flexibility index (Phi) is 4.97. The van der Waals surface area contributed by atoms with E-state index < -0.39 is 0 Å². The summed E-state index contributed by atoms with van der Waals surface area (Å²) in [4.78, 5) is 25.3. The predicted molar refractivity (Wildman–Crippen MR) is 93.3 cm³/mol. The van der Waals surface area contributed by atoms with Crippen molar-refractivity contribution in [1.82, 2.24) is 0 Å². The molecule has 6 heteroatoms. The van der Waals surface area contributed by atoms with Gasteiger partial charge >= 0.3 is 0 Å². The summed E-state index contributed by atoms with van der Waals surface area (Å²) in [5, 5.41) is 2.81. The summed E-state index contributed by atoms with van der Waals surface area (Å²) in [5.74, 6) is 0.0393. The van der Waals surface area contributed by atoms with Crippen molar-refractivity contribution in [2.45, 2.75) is 19.8 Å². The fourth-order valence-electron chi connectivity index (χ4n) is 2.80. The lowest BCUT2D eigenvalue weighted by Gasteiger charge is -2.22. The number of anilines is 2. The number of carbonyl (C=O) groups excluding carboxylic acids is 2. The number of halogens is 1. The molecule has 0 bridgehead atoms. The molecular weight excluding hydrogens is 323 g/mol. The van der Waals surface area contributed by atoms with Crippen molar-refractivity contribution >= 4 is 23.2 Å². The molecule has 2 aromatic carbocycles. The van der Waals surface area contributed by atoms with Gasteiger partial charge < -0.3 is 15.0 Å². The first-order valence-corrected chi connectivity index (χ1v) is 8.18. The Morgan fingerprint density at radius 1 is 1.20 bits per heavy atom. The van der Waals surface area contributed by atoms with Crippen molar-refractivity contribution in [3.05, 3.63) is 53.8 Å². The maximum absolute atomic E-state index is 13.0. The average Bonchev–Trinajstić information content (AvgIpc) is 2.62. The molecule has 1 aliphatic rings. The van der Waals surface area contributed by atoms with Crippen molar-refractivity contribution in [1.29, 1.82) is 0 Å². The van der Waals surface area contributed by atoms with Crippen molar-refractivity contribution in [2.75, 3.05) is 23.4 Å². The molecule has 1 heterocycles. The smallest absolute Gasteiger partial charge is 0.264 e. The SMILES string of the molecule is CCN(C(=O)COc1ccc2c(c1)CCC(=O)N2)c1ccc(F)cc1. The Morgan fingerprint density at radius 3 is 2.68 bits per heavy atom. The molecule has 2 aromatic rings. The van der Waals surface area contributed by atoms with Gasteiger partial charge in [0.2, 0.25) is 5.91 Å². The minimum absolute atomic E-state index is 0.00855. The number of hydrogen-bond acceptors (Lipinski definition) is 3. The molecule has 0 spiro atoms. The number of rotatable bonds is 5. The Balaban J connectivity index is 1.65. The second kappa shape index (κ2) is 7.34. The number of amides is 2. The van der Waals surface area contributed by atoms with Gasteiger partial charge in [-0.05, 0) is 61.4 Å². The second-order valence-electron chi connectivity index (χ2n) is 5.77. The number of carbonyl (C=O) groups is 2. The molecular formula is C19H19FN2O3. The average molecular weight is 342 g/mol. The number of nitrogens with zero attached hydrogens (tertiary/aromatic N) is 1. The summed E-state index contributed by atoms with van der Waals surface area (Å²) < 4.78 is 18.6. The summed E-state index contributed by atoms with van der Waals surface area (Å²) in [7, 11) is 0. The number of likely N-dealkylation sites (N-methyl/N-ethyl adjacent to an activating group) is 1. The lowest BCUT2D eigenvalue weighted by Crippen LogP contribution is -2.34. The third kappa shape index (κ3) is 3.96. The van der Waals surface area contributed by atoms with E-state index in [0.29, 0.717) is 30.8 Å². The van der Waals surface area contributed by atoms with E-state index in [0.717, 1.165) is 11.3 Å². The first kappa shape index (κ1) is 17.0. The quantitative estimate of drug-likeness (QED) is 0.908. The molecule has 0 unspecified atom stereocenters. The maximum Gasteiger partial charge on any atom is 0.264 e. The van der Waals surface area contributed by atoms with E-state index in [9.17, 15) is 14.0 Å². The fraction of sp³-hybridized carbons (Fsp3) is 0.263. The van der Waals surface area contributed by atoms with E-state index in [2.05, 4.69) is 5.32 Å². The number of hydrogen-bond donors (Lipinski definition) is 1.